The van der Waals surface area contributed by atoms with Gasteiger partial charge in [-0.05, 0) is 51.5 Å². The molecule has 150 valence electrons. The zero-order valence-corrected chi connectivity index (χ0v) is 17.5. The smallest absolute Gasteiger partial charge is 0.270 e. The van der Waals surface area contributed by atoms with E-state index in [2.05, 4.69) is 15.6 Å². The molecule has 7 heteroatoms. The number of rotatable bonds is 6. The number of nitrogens with zero attached hydrogens (tertiary/aromatic N) is 2. The zero-order valence-electron chi connectivity index (χ0n) is 16.6. The molecule has 1 fully saturated rings. The van der Waals surface area contributed by atoms with E-state index in [0.717, 1.165) is 30.1 Å². The molecule has 0 radical (unpaired) electrons. The van der Waals surface area contributed by atoms with E-state index in [1.165, 1.54) is 11.8 Å². The van der Waals surface area contributed by atoms with Crippen molar-refractivity contribution in [3.05, 3.63) is 42.2 Å². The van der Waals surface area contributed by atoms with Gasteiger partial charge >= 0.3 is 0 Å². The molecular weight excluding hydrogens is 372 g/mol. The van der Waals surface area contributed by atoms with E-state index < -0.39 is 0 Å². The molecule has 1 saturated carbocycles. The predicted molar refractivity (Wildman–Crippen MR) is 112 cm³/mol. The molecule has 0 saturated heterocycles. The van der Waals surface area contributed by atoms with Crippen LogP contribution in [0.4, 0.5) is 0 Å². The highest BCUT2D eigenvalue weighted by Gasteiger charge is 2.29. The van der Waals surface area contributed by atoms with Gasteiger partial charge in [0, 0.05) is 23.7 Å². The SMILES string of the molecule is CSc1ncc(C(=O)NC2CCCC(C(=O)NC(C)C)C2)n1-c1ccccc1. The van der Waals surface area contributed by atoms with Crippen LogP contribution in [0.3, 0.4) is 0 Å². The second kappa shape index (κ2) is 9.28. The minimum Gasteiger partial charge on any atom is -0.354 e. The third-order valence-corrected chi connectivity index (χ3v) is 5.62. The van der Waals surface area contributed by atoms with Crippen LogP contribution in [-0.4, -0.2) is 39.7 Å². The van der Waals surface area contributed by atoms with Gasteiger partial charge < -0.3 is 10.6 Å². The van der Waals surface area contributed by atoms with Crippen molar-refractivity contribution in [3.8, 4) is 5.69 Å². The van der Waals surface area contributed by atoms with Crippen LogP contribution < -0.4 is 10.6 Å². The number of carbonyl (C=O) groups excluding carboxylic acids is 2. The molecule has 1 heterocycles. The summed E-state index contributed by atoms with van der Waals surface area (Å²) >= 11 is 1.50. The van der Waals surface area contributed by atoms with Crippen molar-refractivity contribution in [1.82, 2.24) is 20.2 Å². The lowest BCUT2D eigenvalue weighted by Gasteiger charge is -2.29. The van der Waals surface area contributed by atoms with Gasteiger partial charge in [-0.2, -0.15) is 0 Å². The van der Waals surface area contributed by atoms with Gasteiger partial charge in [0.05, 0.1) is 6.20 Å². The summed E-state index contributed by atoms with van der Waals surface area (Å²) < 4.78 is 1.88. The van der Waals surface area contributed by atoms with Crippen LogP contribution in [0.15, 0.2) is 41.7 Å². The highest BCUT2D eigenvalue weighted by Crippen LogP contribution is 2.26. The monoisotopic (exact) mass is 400 g/mol. The van der Waals surface area contributed by atoms with Gasteiger partial charge in [0.2, 0.25) is 5.91 Å². The lowest BCUT2D eigenvalue weighted by Crippen LogP contribution is -2.44. The van der Waals surface area contributed by atoms with E-state index in [9.17, 15) is 9.59 Å². The predicted octanol–water partition coefficient (Wildman–Crippen LogP) is 3.41. The fourth-order valence-electron chi connectivity index (χ4n) is 3.69. The number of thioether (sulfide) groups is 1. The molecule has 2 unspecified atom stereocenters. The molecule has 0 aliphatic heterocycles. The van der Waals surface area contributed by atoms with Crippen LogP contribution in [0.25, 0.3) is 5.69 Å². The molecule has 3 rings (SSSR count). The number of hydrogen-bond acceptors (Lipinski definition) is 4. The molecule has 2 atom stereocenters. The quantitative estimate of drug-likeness (QED) is 0.729. The first kappa shape index (κ1) is 20.5. The van der Waals surface area contributed by atoms with Gasteiger partial charge in [-0.25, -0.2) is 4.98 Å². The van der Waals surface area contributed by atoms with Gasteiger partial charge in [0.25, 0.3) is 5.91 Å². The number of carbonyl (C=O) groups is 2. The number of nitrogens with one attached hydrogen (secondary N) is 2. The van der Waals surface area contributed by atoms with Crippen molar-refractivity contribution in [2.75, 3.05) is 6.26 Å². The molecule has 28 heavy (non-hydrogen) atoms. The van der Waals surface area contributed by atoms with Crippen molar-refractivity contribution in [2.24, 2.45) is 5.92 Å². The molecule has 2 amide bonds. The Balaban J connectivity index is 1.73. The van der Waals surface area contributed by atoms with Crippen molar-refractivity contribution >= 4 is 23.6 Å². The summed E-state index contributed by atoms with van der Waals surface area (Å²) in [6.07, 6.45) is 6.96. The Morgan fingerprint density at radius 3 is 2.64 bits per heavy atom. The maximum atomic E-state index is 13.0. The molecule has 1 aliphatic carbocycles. The molecule has 2 aromatic rings. The number of benzene rings is 1. The average Bonchev–Trinajstić information content (AvgIpc) is 3.12. The lowest BCUT2D eigenvalue weighted by molar-refractivity contribution is -0.126. The molecule has 1 aliphatic rings. The molecule has 0 spiro atoms. The summed E-state index contributed by atoms with van der Waals surface area (Å²) in [7, 11) is 0. The second-order valence-electron chi connectivity index (χ2n) is 7.50. The third kappa shape index (κ3) is 4.76. The van der Waals surface area contributed by atoms with Gasteiger partial charge in [0.1, 0.15) is 5.69 Å². The van der Waals surface area contributed by atoms with Crippen LogP contribution in [0.1, 0.15) is 50.0 Å². The molecule has 0 bridgehead atoms. The van der Waals surface area contributed by atoms with Crippen LogP contribution in [0.2, 0.25) is 0 Å². The third-order valence-electron chi connectivity index (χ3n) is 4.97. The van der Waals surface area contributed by atoms with E-state index in [1.54, 1.807) is 6.20 Å². The maximum absolute atomic E-state index is 13.0. The Morgan fingerprint density at radius 1 is 1.21 bits per heavy atom. The van der Waals surface area contributed by atoms with Crippen LogP contribution in [-0.2, 0) is 4.79 Å². The maximum Gasteiger partial charge on any atom is 0.270 e. The Morgan fingerprint density at radius 2 is 1.96 bits per heavy atom. The van der Waals surface area contributed by atoms with E-state index in [0.29, 0.717) is 12.1 Å². The summed E-state index contributed by atoms with van der Waals surface area (Å²) in [5.74, 6) is -0.0956. The Bertz CT molecular complexity index is 819. The summed E-state index contributed by atoms with van der Waals surface area (Å²) in [5, 5.41) is 6.90. The lowest BCUT2D eigenvalue weighted by atomic mass is 9.85. The largest absolute Gasteiger partial charge is 0.354 e. The Hall–Kier alpha value is -2.28. The minimum absolute atomic E-state index is 0.000940. The second-order valence-corrected chi connectivity index (χ2v) is 8.27. The van der Waals surface area contributed by atoms with E-state index in [1.807, 2.05) is 55.0 Å². The summed E-state index contributed by atoms with van der Waals surface area (Å²) in [5.41, 5.74) is 1.43. The fraction of sp³-hybridized carbons (Fsp3) is 0.476. The first-order chi connectivity index (χ1) is 13.5. The Kier molecular flexibility index (Phi) is 6.78. The van der Waals surface area contributed by atoms with Crippen LogP contribution in [0, 0.1) is 5.92 Å². The summed E-state index contributed by atoms with van der Waals surface area (Å²) in [4.78, 5) is 29.8. The van der Waals surface area contributed by atoms with Crippen molar-refractivity contribution in [2.45, 2.75) is 56.8 Å². The van der Waals surface area contributed by atoms with Gasteiger partial charge in [0.15, 0.2) is 5.16 Å². The highest BCUT2D eigenvalue weighted by molar-refractivity contribution is 7.98. The van der Waals surface area contributed by atoms with Crippen molar-refractivity contribution in [1.29, 1.82) is 0 Å². The standard InChI is InChI=1S/C21H28N4O2S/c1-14(2)23-19(26)15-8-7-9-16(12-15)24-20(27)18-13-22-21(28-3)25(18)17-10-5-4-6-11-17/h4-6,10-11,13-16H,7-9,12H2,1-3H3,(H,23,26)(H,24,27). The molecule has 1 aromatic heterocycles. The molecule has 6 nitrogen and oxygen atoms in total. The minimum atomic E-state index is -0.147. The zero-order chi connectivity index (χ0) is 20.1. The number of aromatic nitrogens is 2. The topological polar surface area (TPSA) is 76.0 Å². The van der Waals surface area contributed by atoms with Crippen LogP contribution in [0.5, 0.6) is 0 Å². The number of amides is 2. The van der Waals surface area contributed by atoms with Gasteiger partial charge in [-0.15, -0.1) is 0 Å². The van der Waals surface area contributed by atoms with E-state index in [-0.39, 0.29) is 29.8 Å². The number of para-hydroxylation sites is 1. The molecular formula is C21H28N4O2S. The number of hydrogen-bond donors (Lipinski definition) is 2. The fourth-order valence-corrected chi connectivity index (χ4v) is 4.23. The normalized spacial score (nSPS) is 19.4. The first-order valence-electron chi connectivity index (χ1n) is 9.78. The van der Waals surface area contributed by atoms with Crippen LogP contribution >= 0.6 is 11.8 Å². The van der Waals surface area contributed by atoms with Gasteiger partial charge in [-0.3, -0.25) is 14.2 Å². The van der Waals surface area contributed by atoms with Gasteiger partial charge in [-0.1, -0.05) is 36.4 Å². The van der Waals surface area contributed by atoms with Crippen molar-refractivity contribution in [3.63, 3.8) is 0 Å². The summed E-state index contributed by atoms with van der Waals surface area (Å²) in [6, 6.07) is 9.90. The highest BCUT2D eigenvalue weighted by atomic mass is 32.2. The molecule has 2 N–H and O–H groups in total. The average molecular weight is 401 g/mol. The van der Waals surface area contributed by atoms with E-state index in [4.69, 9.17) is 0 Å². The summed E-state index contributed by atoms with van der Waals surface area (Å²) in [6.45, 7) is 3.93. The Labute approximate surface area is 170 Å². The number of imidazole rings is 1. The van der Waals surface area contributed by atoms with E-state index >= 15 is 0 Å². The first-order valence-corrected chi connectivity index (χ1v) is 11.0. The van der Waals surface area contributed by atoms with Crippen molar-refractivity contribution < 1.29 is 9.59 Å². The molecule has 1 aromatic carbocycles.